The molecule has 0 unspecified atom stereocenters. The van der Waals surface area contributed by atoms with Gasteiger partial charge in [0.1, 0.15) is 11.6 Å². The van der Waals surface area contributed by atoms with Crippen LogP contribution in [0.1, 0.15) is 71.0 Å². The molecule has 2 heterocycles. The number of halogens is 1. The molecule has 152 valence electrons. The first-order chi connectivity index (χ1) is 13.9. The number of hydrogen-bond donors (Lipinski definition) is 2. The zero-order valence-electron chi connectivity index (χ0n) is 16.3. The third-order valence-corrected chi connectivity index (χ3v) is 5.72. The normalized spacial score (nSPS) is 15.0. The molecule has 0 saturated heterocycles. The largest absolute Gasteiger partial charge is 0.503 e. The fraction of sp³-hybridized carbons (Fsp3) is 0.348. The SMILES string of the molecule is Cn1cc(C(=O)c2oc(C3CCCCC3)cc2Cc2ccc(F)cc2)c(O)c1O. The Morgan fingerprint density at radius 1 is 1.17 bits per heavy atom. The minimum atomic E-state index is -0.474. The van der Waals surface area contributed by atoms with Crippen LogP contribution < -0.4 is 0 Å². The summed E-state index contributed by atoms with van der Waals surface area (Å²) in [6.07, 6.45) is 7.32. The first kappa shape index (κ1) is 19.3. The lowest BCUT2D eigenvalue weighted by Crippen LogP contribution is -2.04. The molecular weight excluding hydrogens is 373 g/mol. The van der Waals surface area contributed by atoms with Gasteiger partial charge in [0.2, 0.25) is 11.7 Å². The number of aromatic hydroxyl groups is 2. The summed E-state index contributed by atoms with van der Waals surface area (Å²) in [5.74, 6) is -0.397. The van der Waals surface area contributed by atoms with Gasteiger partial charge in [-0.1, -0.05) is 31.4 Å². The molecule has 1 aromatic carbocycles. The number of hydrogen-bond acceptors (Lipinski definition) is 4. The van der Waals surface area contributed by atoms with Gasteiger partial charge in [-0.25, -0.2) is 4.39 Å². The van der Waals surface area contributed by atoms with Crippen molar-refractivity contribution in [1.82, 2.24) is 4.57 Å². The summed E-state index contributed by atoms with van der Waals surface area (Å²) in [6, 6.07) is 8.07. The monoisotopic (exact) mass is 397 g/mol. The number of aromatic nitrogens is 1. The molecule has 1 aliphatic carbocycles. The number of carbonyl (C=O) groups is 1. The highest BCUT2D eigenvalue weighted by Crippen LogP contribution is 2.38. The molecule has 2 aromatic heterocycles. The van der Waals surface area contributed by atoms with Gasteiger partial charge < -0.3 is 19.2 Å². The molecule has 1 aliphatic rings. The maximum absolute atomic E-state index is 13.3. The lowest BCUT2D eigenvalue weighted by molar-refractivity contribution is 0.100. The van der Waals surface area contributed by atoms with Gasteiger partial charge in [-0.05, 0) is 36.6 Å². The standard InChI is InChI=1S/C23H24FNO4/c1-25-13-18(21(27)23(25)28)20(26)22-16(11-14-7-9-17(24)10-8-14)12-19(29-22)15-5-3-2-4-6-15/h7-10,12-13,15,27-28H,2-6,11H2,1H3. The average molecular weight is 397 g/mol. The molecule has 0 atom stereocenters. The average Bonchev–Trinajstić information content (AvgIpc) is 3.26. The van der Waals surface area contributed by atoms with Gasteiger partial charge in [0, 0.05) is 31.1 Å². The zero-order chi connectivity index (χ0) is 20.5. The van der Waals surface area contributed by atoms with Crippen LogP contribution in [0.5, 0.6) is 11.6 Å². The highest BCUT2D eigenvalue weighted by atomic mass is 19.1. The van der Waals surface area contributed by atoms with E-state index in [4.69, 9.17) is 4.42 Å². The van der Waals surface area contributed by atoms with Crippen LogP contribution in [0, 0.1) is 5.82 Å². The smallest absolute Gasteiger partial charge is 0.235 e. The summed E-state index contributed by atoms with van der Waals surface area (Å²) < 4.78 is 20.6. The second-order valence-electron chi connectivity index (χ2n) is 7.80. The Bertz CT molecular complexity index is 1030. The van der Waals surface area contributed by atoms with Crippen molar-refractivity contribution < 1.29 is 23.8 Å². The van der Waals surface area contributed by atoms with Crippen molar-refractivity contribution in [3.8, 4) is 11.6 Å². The van der Waals surface area contributed by atoms with Crippen molar-refractivity contribution >= 4 is 5.78 Å². The summed E-state index contributed by atoms with van der Waals surface area (Å²) in [5, 5.41) is 20.0. The van der Waals surface area contributed by atoms with Crippen molar-refractivity contribution in [2.24, 2.45) is 7.05 Å². The number of carbonyl (C=O) groups excluding carboxylic acids is 1. The van der Waals surface area contributed by atoms with Gasteiger partial charge in [0.15, 0.2) is 11.5 Å². The Balaban J connectivity index is 1.73. The van der Waals surface area contributed by atoms with Gasteiger partial charge in [0.05, 0.1) is 5.56 Å². The minimum absolute atomic E-state index is 0.00472. The van der Waals surface area contributed by atoms with E-state index in [0.29, 0.717) is 12.0 Å². The second kappa shape index (κ2) is 7.78. The van der Waals surface area contributed by atoms with E-state index in [-0.39, 0.29) is 28.9 Å². The van der Waals surface area contributed by atoms with E-state index in [0.717, 1.165) is 37.0 Å². The molecule has 0 amide bonds. The quantitative estimate of drug-likeness (QED) is 0.592. The highest BCUT2D eigenvalue weighted by Gasteiger charge is 2.28. The predicted octanol–water partition coefficient (Wildman–Crippen LogP) is 5.04. The molecule has 6 heteroatoms. The molecule has 0 spiro atoms. The van der Waals surface area contributed by atoms with E-state index in [9.17, 15) is 19.4 Å². The van der Waals surface area contributed by atoms with Crippen LogP contribution in [0.15, 0.2) is 40.9 Å². The number of ketones is 1. The summed E-state index contributed by atoms with van der Waals surface area (Å²) >= 11 is 0. The predicted molar refractivity (Wildman–Crippen MR) is 106 cm³/mol. The van der Waals surface area contributed by atoms with Crippen molar-refractivity contribution in [2.45, 2.75) is 44.4 Å². The Labute approximate surface area is 168 Å². The van der Waals surface area contributed by atoms with Crippen molar-refractivity contribution in [2.75, 3.05) is 0 Å². The number of rotatable bonds is 5. The molecule has 2 N–H and O–H groups in total. The lowest BCUT2D eigenvalue weighted by Gasteiger charge is -2.19. The molecule has 4 rings (SSSR count). The minimum Gasteiger partial charge on any atom is -0.503 e. The van der Waals surface area contributed by atoms with E-state index in [1.165, 1.54) is 29.3 Å². The van der Waals surface area contributed by atoms with Crippen LogP contribution in [0.25, 0.3) is 0 Å². The lowest BCUT2D eigenvalue weighted by atomic mass is 9.87. The molecule has 1 saturated carbocycles. The van der Waals surface area contributed by atoms with Gasteiger partial charge in [0.25, 0.3) is 0 Å². The van der Waals surface area contributed by atoms with E-state index in [1.54, 1.807) is 19.2 Å². The summed E-state index contributed by atoms with van der Waals surface area (Å²) in [4.78, 5) is 13.2. The van der Waals surface area contributed by atoms with Crippen LogP contribution in [-0.4, -0.2) is 20.6 Å². The number of furan rings is 1. The third kappa shape index (κ3) is 3.79. The Morgan fingerprint density at radius 2 is 1.86 bits per heavy atom. The first-order valence-corrected chi connectivity index (χ1v) is 9.93. The van der Waals surface area contributed by atoms with Crippen molar-refractivity contribution in [3.05, 3.63) is 70.6 Å². The molecule has 3 aromatic rings. The van der Waals surface area contributed by atoms with Gasteiger partial charge >= 0.3 is 0 Å². The van der Waals surface area contributed by atoms with Gasteiger partial charge in [-0.15, -0.1) is 0 Å². The molecule has 29 heavy (non-hydrogen) atoms. The van der Waals surface area contributed by atoms with Gasteiger partial charge in [-0.3, -0.25) is 4.79 Å². The van der Waals surface area contributed by atoms with Crippen molar-refractivity contribution in [1.29, 1.82) is 0 Å². The fourth-order valence-corrected chi connectivity index (χ4v) is 4.08. The maximum Gasteiger partial charge on any atom is 0.235 e. The first-order valence-electron chi connectivity index (χ1n) is 9.93. The third-order valence-electron chi connectivity index (χ3n) is 5.72. The molecule has 5 nitrogen and oxygen atoms in total. The Kier molecular flexibility index (Phi) is 5.18. The van der Waals surface area contributed by atoms with Crippen LogP contribution in [0.4, 0.5) is 4.39 Å². The molecular formula is C23H24FNO4. The van der Waals surface area contributed by atoms with Crippen molar-refractivity contribution in [3.63, 3.8) is 0 Å². The van der Waals surface area contributed by atoms with Crippen LogP contribution in [-0.2, 0) is 13.5 Å². The van der Waals surface area contributed by atoms with E-state index < -0.39 is 11.5 Å². The zero-order valence-corrected chi connectivity index (χ0v) is 16.3. The Hall–Kier alpha value is -3.02. The summed E-state index contributed by atoms with van der Waals surface area (Å²) in [7, 11) is 1.54. The van der Waals surface area contributed by atoms with E-state index in [2.05, 4.69) is 0 Å². The number of benzene rings is 1. The summed E-state index contributed by atoms with van der Waals surface area (Å²) in [5.41, 5.74) is 1.55. The molecule has 0 radical (unpaired) electrons. The summed E-state index contributed by atoms with van der Waals surface area (Å²) in [6.45, 7) is 0. The van der Waals surface area contributed by atoms with Crippen LogP contribution >= 0.6 is 0 Å². The van der Waals surface area contributed by atoms with Crippen LogP contribution in [0.2, 0.25) is 0 Å². The number of nitrogens with zero attached hydrogens (tertiary/aromatic N) is 1. The number of aryl methyl sites for hydroxylation is 1. The van der Waals surface area contributed by atoms with E-state index in [1.807, 2.05) is 6.07 Å². The van der Waals surface area contributed by atoms with Gasteiger partial charge in [-0.2, -0.15) is 0 Å². The fourth-order valence-electron chi connectivity index (χ4n) is 4.08. The highest BCUT2D eigenvalue weighted by molar-refractivity contribution is 6.10. The second-order valence-corrected chi connectivity index (χ2v) is 7.80. The van der Waals surface area contributed by atoms with E-state index >= 15 is 0 Å². The molecule has 0 bridgehead atoms. The Morgan fingerprint density at radius 3 is 2.48 bits per heavy atom. The topological polar surface area (TPSA) is 75.6 Å². The maximum atomic E-state index is 13.3. The van der Waals surface area contributed by atoms with Crippen LogP contribution in [0.3, 0.4) is 0 Å². The molecule has 1 fully saturated rings. The molecule has 0 aliphatic heterocycles.